The van der Waals surface area contributed by atoms with E-state index < -0.39 is 17.4 Å². The Bertz CT molecular complexity index is 458. The van der Waals surface area contributed by atoms with E-state index in [1.807, 2.05) is 0 Å². The summed E-state index contributed by atoms with van der Waals surface area (Å²) < 4.78 is 0. The monoisotopic (exact) mass is 297 g/mol. The zero-order chi connectivity index (χ0) is 14.8. The molecular formula is C13H19N3O3S. The second kappa shape index (κ2) is 5.87. The van der Waals surface area contributed by atoms with Crippen LogP contribution in [0.1, 0.15) is 44.9 Å². The van der Waals surface area contributed by atoms with Gasteiger partial charge in [-0.25, -0.2) is 0 Å². The summed E-state index contributed by atoms with van der Waals surface area (Å²) in [6.07, 6.45) is 4.68. The van der Waals surface area contributed by atoms with Crippen LogP contribution in [0.4, 0.5) is 0 Å². The van der Waals surface area contributed by atoms with Crippen LogP contribution < -0.4 is 16.4 Å². The van der Waals surface area contributed by atoms with Gasteiger partial charge in [-0.1, -0.05) is 31.5 Å². The third-order valence-electron chi connectivity index (χ3n) is 4.16. The van der Waals surface area contributed by atoms with E-state index in [1.54, 1.807) is 0 Å². The third-order valence-corrected chi connectivity index (χ3v) is 4.55. The quantitative estimate of drug-likeness (QED) is 0.508. The molecular weight excluding hydrogens is 278 g/mol. The van der Waals surface area contributed by atoms with Crippen LogP contribution >= 0.6 is 12.2 Å². The molecule has 0 aromatic heterocycles. The minimum Gasteiger partial charge on any atom is -0.392 e. The fourth-order valence-corrected chi connectivity index (χ4v) is 3.17. The third kappa shape index (κ3) is 2.82. The SMILES string of the molecule is NC(=S)C1(C(=O)NC2CCC(=O)NC2=O)CCCCC1. The maximum atomic E-state index is 12.5. The number of rotatable bonds is 3. The van der Waals surface area contributed by atoms with Gasteiger partial charge >= 0.3 is 0 Å². The summed E-state index contributed by atoms with van der Waals surface area (Å²) in [4.78, 5) is 35.5. The van der Waals surface area contributed by atoms with Crippen molar-refractivity contribution < 1.29 is 14.4 Å². The van der Waals surface area contributed by atoms with Gasteiger partial charge < -0.3 is 11.1 Å². The van der Waals surface area contributed by atoms with Crippen molar-refractivity contribution in [3.05, 3.63) is 0 Å². The van der Waals surface area contributed by atoms with E-state index in [4.69, 9.17) is 18.0 Å². The summed E-state index contributed by atoms with van der Waals surface area (Å²) in [5.41, 5.74) is 4.94. The van der Waals surface area contributed by atoms with Gasteiger partial charge in [0.1, 0.15) is 6.04 Å². The molecule has 3 amide bonds. The van der Waals surface area contributed by atoms with Gasteiger partial charge in [0.05, 0.1) is 10.4 Å². The summed E-state index contributed by atoms with van der Waals surface area (Å²) in [5.74, 6) is -1.04. The second-order valence-corrected chi connectivity index (χ2v) is 5.92. The number of piperidine rings is 1. The Morgan fingerprint density at radius 2 is 1.95 bits per heavy atom. The van der Waals surface area contributed by atoms with Gasteiger partial charge in [-0.05, 0) is 19.3 Å². The molecule has 1 aliphatic heterocycles. The van der Waals surface area contributed by atoms with Crippen LogP contribution in [-0.2, 0) is 14.4 Å². The van der Waals surface area contributed by atoms with Crippen molar-refractivity contribution in [2.45, 2.75) is 51.0 Å². The van der Waals surface area contributed by atoms with Crippen LogP contribution in [0.5, 0.6) is 0 Å². The Kier molecular flexibility index (Phi) is 4.37. The minimum absolute atomic E-state index is 0.196. The average Bonchev–Trinajstić information content (AvgIpc) is 2.42. The summed E-state index contributed by atoms with van der Waals surface area (Å²) in [7, 11) is 0. The van der Waals surface area contributed by atoms with Gasteiger partial charge in [0.25, 0.3) is 0 Å². The molecule has 2 fully saturated rings. The highest BCUT2D eigenvalue weighted by Gasteiger charge is 2.44. The molecule has 1 aliphatic carbocycles. The van der Waals surface area contributed by atoms with E-state index in [9.17, 15) is 14.4 Å². The Morgan fingerprint density at radius 1 is 1.30 bits per heavy atom. The predicted octanol–water partition coefficient (Wildman–Crippen LogP) is 0.144. The summed E-state index contributed by atoms with van der Waals surface area (Å²) in [5, 5.41) is 4.93. The zero-order valence-corrected chi connectivity index (χ0v) is 12.1. The van der Waals surface area contributed by atoms with Crippen molar-refractivity contribution >= 4 is 34.9 Å². The first kappa shape index (κ1) is 14.9. The van der Waals surface area contributed by atoms with Gasteiger partial charge in [-0.3, -0.25) is 19.7 Å². The van der Waals surface area contributed by atoms with Gasteiger partial charge in [-0.15, -0.1) is 0 Å². The molecule has 4 N–H and O–H groups in total. The normalized spacial score (nSPS) is 25.7. The maximum absolute atomic E-state index is 12.5. The van der Waals surface area contributed by atoms with Crippen LogP contribution in [0.25, 0.3) is 0 Å². The lowest BCUT2D eigenvalue weighted by Gasteiger charge is -2.36. The van der Waals surface area contributed by atoms with Crippen molar-refractivity contribution in [1.29, 1.82) is 0 Å². The summed E-state index contributed by atoms with van der Waals surface area (Å²) in [6, 6.07) is -0.673. The van der Waals surface area contributed by atoms with Crippen molar-refractivity contribution in [3.8, 4) is 0 Å². The Labute approximate surface area is 122 Å². The predicted molar refractivity (Wildman–Crippen MR) is 76.6 cm³/mol. The molecule has 1 heterocycles. The highest BCUT2D eigenvalue weighted by molar-refractivity contribution is 7.80. The lowest BCUT2D eigenvalue weighted by atomic mass is 9.73. The van der Waals surface area contributed by atoms with Crippen LogP contribution in [0, 0.1) is 5.41 Å². The molecule has 1 atom stereocenters. The number of nitrogens with two attached hydrogens (primary N) is 1. The lowest BCUT2D eigenvalue weighted by Crippen LogP contribution is -2.58. The largest absolute Gasteiger partial charge is 0.392 e. The van der Waals surface area contributed by atoms with E-state index in [2.05, 4.69) is 10.6 Å². The van der Waals surface area contributed by atoms with E-state index >= 15 is 0 Å². The van der Waals surface area contributed by atoms with Gasteiger partial charge in [0.2, 0.25) is 17.7 Å². The molecule has 2 aliphatic rings. The van der Waals surface area contributed by atoms with Crippen molar-refractivity contribution in [3.63, 3.8) is 0 Å². The number of thiocarbonyl (C=S) groups is 1. The molecule has 7 heteroatoms. The highest BCUT2D eigenvalue weighted by atomic mass is 32.1. The fraction of sp³-hybridized carbons (Fsp3) is 0.692. The number of carbonyl (C=O) groups excluding carboxylic acids is 3. The Morgan fingerprint density at radius 3 is 2.50 bits per heavy atom. The molecule has 0 radical (unpaired) electrons. The summed E-state index contributed by atoms with van der Waals surface area (Å²) in [6.45, 7) is 0. The molecule has 0 bridgehead atoms. The van der Waals surface area contributed by atoms with Gasteiger partial charge in [0.15, 0.2) is 0 Å². The molecule has 1 unspecified atom stereocenters. The Hall–Kier alpha value is -1.50. The molecule has 1 saturated heterocycles. The molecule has 0 aromatic carbocycles. The lowest BCUT2D eigenvalue weighted by molar-refractivity contribution is -0.139. The number of imide groups is 1. The molecule has 1 saturated carbocycles. The fourth-order valence-electron chi connectivity index (χ4n) is 2.87. The van der Waals surface area contributed by atoms with Gasteiger partial charge in [-0.2, -0.15) is 0 Å². The standard InChI is InChI=1S/C13H19N3O3S/c14-11(20)13(6-2-1-3-7-13)12(19)15-8-4-5-9(17)16-10(8)18/h8H,1-7H2,(H2,14,20)(H,15,19)(H,16,17,18). The molecule has 0 spiro atoms. The van der Waals surface area contributed by atoms with Crippen LogP contribution in [0.15, 0.2) is 0 Å². The topological polar surface area (TPSA) is 101 Å². The van der Waals surface area contributed by atoms with Crippen molar-refractivity contribution in [2.24, 2.45) is 11.1 Å². The van der Waals surface area contributed by atoms with Crippen molar-refractivity contribution in [1.82, 2.24) is 10.6 Å². The summed E-state index contributed by atoms with van der Waals surface area (Å²) >= 11 is 5.08. The average molecular weight is 297 g/mol. The van der Waals surface area contributed by atoms with Gasteiger partial charge in [0, 0.05) is 6.42 Å². The van der Waals surface area contributed by atoms with Crippen molar-refractivity contribution in [2.75, 3.05) is 0 Å². The minimum atomic E-state index is -0.838. The first-order valence-corrected chi connectivity index (χ1v) is 7.31. The van der Waals surface area contributed by atoms with E-state index in [1.165, 1.54) is 0 Å². The second-order valence-electron chi connectivity index (χ2n) is 5.48. The smallest absolute Gasteiger partial charge is 0.249 e. The number of nitrogens with one attached hydrogen (secondary N) is 2. The van der Waals surface area contributed by atoms with Crippen LogP contribution in [0.2, 0.25) is 0 Å². The molecule has 20 heavy (non-hydrogen) atoms. The number of amides is 3. The zero-order valence-electron chi connectivity index (χ0n) is 11.2. The molecule has 110 valence electrons. The van der Waals surface area contributed by atoms with E-state index in [-0.39, 0.29) is 23.2 Å². The first-order chi connectivity index (χ1) is 9.45. The van der Waals surface area contributed by atoms with E-state index in [0.29, 0.717) is 19.3 Å². The molecule has 2 rings (SSSR count). The molecule has 0 aromatic rings. The highest BCUT2D eigenvalue weighted by Crippen LogP contribution is 2.37. The maximum Gasteiger partial charge on any atom is 0.249 e. The van der Waals surface area contributed by atoms with Crippen LogP contribution in [0.3, 0.4) is 0 Å². The first-order valence-electron chi connectivity index (χ1n) is 6.90. The Balaban J connectivity index is 2.07. The number of hydrogen-bond acceptors (Lipinski definition) is 4. The number of hydrogen-bond donors (Lipinski definition) is 3. The molecule has 6 nitrogen and oxygen atoms in total. The van der Waals surface area contributed by atoms with Crippen LogP contribution in [-0.4, -0.2) is 28.8 Å². The van der Waals surface area contributed by atoms with E-state index in [0.717, 1.165) is 19.3 Å². The number of carbonyl (C=O) groups is 3.